The molecule has 94 valence electrons. The number of allylic oxidation sites excluding steroid dienone is 1. The SMILES string of the molecule is Cc1nc2n(n1)[C@@H](c1ccncc1)C(C#N)=C(N)N2. The highest BCUT2D eigenvalue weighted by molar-refractivity contribution is 5.51. The van der Waals surface area contributed by atoms with E-state index in [0.29, 0.717) is 23.2 Å². The number of nitrogens with zero attached hydrogens (tertiary/aromatic N) is 5. The van der Waals surface area contributed by atoms with E-state index in [2.05, 4.69) is 26.5 Å². The van der Waals surface area contributed by atoms with Gasteiger partial charge in [-0.1, -0.05) is 0 Å². The molecule has 0 amide bonds. The number of fused-ring (bicyclic) bond motifs is 1. The van der Waals surface area contributed by atoms with E-state index in [1.54, 1.807) is 24.0 Å². The van der Waals surface area contributed by atoms with Crippen LogP contribution in [-0.2, 0) is 0 Å². The Morgan fingerprint density at radius 2 is 2.16 bits per heavy atom. The Morgan fingerprint density at radius 3 is 2.84 bits per heavy atom. The fourth-order valence-corrected chi connectivity index (χ4v) is 2.13. The van der Waals surface area contributed by atoms with Crippen molar-refractivity contribution in [1.82, 2.24) is 19.7 Å². The Morgan fingerprint density at radius 1 is 1.42 bits per heavy atom. The van der Waals surface area contributed by atoms with Crippen LogP contribution in [0.25, 0.3) is 0 Å². The largest absolute Gasteiger partial charge is 0.384 e. The molecule has 3 N–H and O–H groups in total. The highest BCUT2D eigenvalue weighted by Crippen LogP contribution is 2.32. The zero-order valence-corrected chi connectivity index (χ0v) is 10.2. The highest BCUT2D eigenvalue weighted by atomic mass is 15.4. The molecule has 0 unspecified atom stereocenters. The fourth-order valence-electron chi connectivity index (χ4n) is 2.13. The molecule has 0 saturated carbocycles. The van der Waals surface area contributed by atoms with Crippen LogP contribution < -0.4 is 11.1 Å². The first-order chi connectivity index (χ1) is 9.20. The van der Waals surface area contributed by atoms with Gasteiger partial charge in [-0.05, 0) is 24.6 Å². The Hall–Kier alpha value is -2.88. The second kappa shape index (κ2) is 4.10. The van der Waals surface area contributed by atoms with Crippen molar-refractivity contribution in [2.24, 2.45) is 5.73 Å². The summed E-state index contributed by atoms with van der Waals surface area (Å²) in [6.07, 6.45) is 3.35. The molecule has 0 fully saturated rings. The minimum Gasteiger partial charge on any atom is -0.384 e. The molecule has 0 saturated heterocycles. The Bertz CT molecular complexity index is 693. The number of aryl methyl sites for hydroxylation is 1. The second-order valence-electron chi connectivity index (χ2n) is 4.17. The van der Waals surface area contributed by atoms with Crippen LogP contribution in [0.3, 0.4) is 0 Å². The first-order valence-electron chi connectivity index (χ1n) is 5.70. The molecule has 1 aliphatic heterocycles. The Balaban J connectivity index is 2.22. The summed E-state index contributed by atoms with van der Waals surface area (Å²) >= 11 is 0. The van der Waals surface area contributed by atoms with Crippen molar-refractivity contribution < 1.29 is 0 Å². The molecule has 7 nitrogen and oxygen atoms in total. The van der Waals surface area contributed by atoms with Crippen molar-refractivity contribution in [3.63, 3.8) is 0 Å². The Kier molecular flexibility index (Phi) is 2.42. The zero-order chi connectivity index (χ0) is 13.4. The van der Waals surface area contributed by atoms with Crippen molar-refractivity contribution >= 4 is 5.95 Å². The summed E-state index contributed by atoms with van der Waals surface area (Å²) in [6.45, 7) is 1.79. The maximum absolute atomic E-state index is 9.32. The molecular formula is C12H11N7. The lowest BCUT2D eigenvalue weighted by Gasteiger charge is -2.25. The minimum absolute atomic E-state index is 0.309. The van der Waals surface area contributed by atoms with Crippen LogP contribution in [0.5, 0.6) is 0 Å². The van der Waals surface area contributed by atoms with Crippen molar-refractivity contribution in [3.8, 4) is 6.07 Å². The maximum Gasteiger partial charge on any atom is 0.227 e. The molecule has 2 aromatic heterocycles. The van der Waals surface area contributed by atoms with Gasteiger partial charge in [0.2, 0.25) is 5.95 Å². The number of pyridine rings is 1. The number of nitriles is 1. The third-order valence-corrected chi connectivity index (χ3v) is 2.93. The molecule has 19 heavy (non-hydrogen) atoms. The summed E-state index contributed by atoms with van der Waals surface area (Å²) in [6, 6.07) is 5.44. The standard InChI is InChI=1S/C12H11N7/c1-7-16-12-17-11(14)9(6-13)10(19(12)18-7)8-2-4-15-5-3-8/h2-5,10H,14H2,1H3,(H,16,17,18)/t10-/m0/s1. The minimum atomic E-state index is -0.370. The molecule has 0 bridgehead atoms. The van der Waals surface area contributed by atoms with Gasteiger partial charge in [0.1, 0.15) is 23.8 Å². The quantitative estimate of drug-likeness (QED) is 0.774. The van der Waals surface area contributed by atoms with Crippen LogP contribution in [0.15, 0.2) is 35.9 Å². The van der Waals surface area contributed by atoms with Crippen LogP contribution in [0.4, 0.5) is 5.95 Å². The molecule has 7 heteroatoms. The lowest BCUT2D eigenvalue weighted by atomic mass is 9.99. The smallest absolute Gasteiger partial charge is 0.227 e. The van der Waals surface area contributed by atoms with Crippen molar-refractivity contribution in [2.45, 2.75) is 13.0 Å². The molecule has 3 heterocycles. The van der Waals surface area contributed by atoms with E-state index in [4.69, 9.17) is 5.73 Å². The average molecular weight is 253 g/mol. The van der Waals surface area contributed by atoms with E-state index in [1.165, 1.54) is 0 Å². The van der Waals surface area contributed by atoms with Crippen molar-refractivity contribution in [2.75, 3.05) is 5.32 Å². The van der Waals surface area contributed by atoms with Crippen LogP contribution in [0.1, 0.15) is 17.4 Å². The molecule has 1 aliphatic rings. The van der Waals surface area contributed by atoms with E-state index >= 15 is 0 Å². The number of nitrogens with one attached hydrogen (secondary N) is 1. The first kappa shape index (κ1) is 11.2. The van der Waals surface area contributed by atoms with E-state index in [9.17, 15) is 5.26 Å². The van der Waals surface area contributed by atoms with E-state index in [1.807, 2.05) is 12.1 Å². The van der Waals surface area contributed by atoms with Gasteiger partial charge >= 0.3 is 0 Å². The van der Waals surface area contributed by atoms with Gasteiger partial charge in [0.05, 0.1) is 5.57 Å². The Labute approximate surface area is 109 Å². The van der Waals surface area contributed by atoms with Gasteiger partial charge in [-0.2, -0.15) is 15.3 Å². The predicted octanol–water partition coefficient (Wildman–Crippen LogP) is 0.690. The molecule has 2 aromatic rings. The van der Waals surface area contributed by atoms with Crippen molar-refractivity contribution in [1.29, 1.82) is 5.26 Å². The van der Waals surface area contributed by atoms with E-state index in [0.717, 1.165) is 5.56 Å². The summed E-state index contributed by atoms with van der Waals surface area (Å²) in [5.41, 5.74) is 7.20. The molecule has 1 atom stereocenters. The summed E-state index contributed by atoms with van der Waals surface area (Å²) in [5.74, 6) is 1.47. The van der Waals surface area contributed by atoms with Gasteiger partial charge in [0, 0.05) is 12.4 Å². The molecular weight excluding hydrogens is 242 g/mol. The zero-order valence-electron chi connectivity index (χ0n) is 10.2. The van der Waals surface area contributed by atoms with Gasteiger partial charge in [0.15, 0.2) is 0 Å². The maximum atomic E-state index is 9.32. The van der Waals surface area contributed by atoms with E-state index in [-0.39, 0.29) is 6.04 Å². The molecule has 3 rings (SSSR count). The average Bonchev–Trinajstić information content (AvgIpc) is 2.77. The third-order valence-electron chi connectivity index (χ3n) is 2.93. The van der Waals surface area contributed by atoms with Crippen LogP contribution >= 0.6 is 0 Å². The first-order valence-corrected chi connectivity index (χ1v) is 5.70. The van der Waals surface area contributed by atoms with Gasteiger partial charge < -0.3 is 11.1 Å². The van der Waals surface area contributed by atoms with Crippen molar-refractivity contribution in [3.05, 3.63) is 47.3 Å². The number of aromatic nitrogens is 4. The van der Waals surface area contributed by atoms with Crippen LogP contribution in [-0.4, -0.2) is 19.7 Å². The molecule has 0 spiro atoms. The van der Waals surface area contributed by atoms with Gasteiger partial charge in [-0.15, -0.1) is 0 Å². The number of hydrogen-bond donors (Lipinski definition) is 2. The number of nitrogens with two attached hydrogens (primary N) is 1. The van der Waals surface area contributed by atoms with Crippen LogP contribution in [0, 0.1) is 18.3 Å². The highest BCUT2D eigenvalue weighted by Gasteiger charge is 2.30. The normalized spacial score (nSPS) is 17.6. The van der Waals surface area contributed by atoms with Gasteiger partial charge in [-0.3, -0.25) is 4.98 Å². The lowest BCUT2D eigenvalue weighted by Crippen LogP contribution is -2.28. The number of rotatable bonds is 1. The summed E-state index contributed by atoms with van der Waals surface area (Å²) in [5, 5.41) is 16.5. The lowest BCUT2D eigenvalue weighted by molar-refractivity contribution is 0.581. The molecule has 0 aliphatic carbocycles. The molecule has 0 radical (unpaired) electrons. The summed E-state index contributed by atoms with van der Waals surface area (Å²) in [7, 11) is 0. The van der Waals surface area contributed by atoms with E-state index < -0.39 is 0 Å². The summed E-state index contributed by atoms with van der Waals surface area (Å²) < 4.78 is 1.67. The van der Waals surface area contributed by atoms with Crippen LogP contribution in [0.2, 0.25) is 0 Å². The third kappa shape index (κ3) is 1.70. The number of anilines is 1. The fraction of sp³-hybridized carbons (Fsp3) is 0.167. The second-order valence-corrected chi connectivity index (χ2v) is 4.17. The van der Waals surface area contributed by atoms with Gasteiger partial charge in [-0.25, -0.2) is 4.68 Å². The topological polar surface area (TPSA) is 105 Å². The number of hydrogen-bond acceptors (Lipinski definition) is 6. The van der Waals surface area contributed by atoms with Gasteiger partial charge in [0.25, 0.3) is 0 Å². The monoisotopic (exact) mass is 253 g/mol. The predicted molar refractivity (Wildman–Crippen MR) is 67.6 cm³/mol. The summed E-state index contributed by atoms with van der Waals surface area (Å²) in [4.78, 5) is 8.23. The molecule has 0 aromatic carbocycles.